The van der Waals surface area contributed by atoms with E-state index in [2.05, 4.69) is 10.2 Å². The Bertz CT molecular complexity index is 634. The van der Waals surface area contributed by atoms with Gasteiger partial charge in [-0.2, -0.15) is 5.10 Å². The summed E-state index contributed by atoms with van der Waals surface area (Å²) < 4.78 is 0. The van der Waals surface area contributed by atoms with Crippen molar-refractivity contribution in [3.8, 4) is 11.3 Å². The molecule has 0 bridgehead atoms. The van der Waals surface area contributed by atoms with Crippen LogP contribution in [0.15, 0.2) is 18.2 Å². The molecular weight excluding hydrogens is 252 g/mol. The smallest absolute Gasteiger partial charge is 0.353 e. The van der Waals surface area contributed by atoms with Gasteiger partial charge >= 0.3 is 5.97 Å². The van der Waals surface area contributed by atoms with Crippen LogP contribution in [-0.4, -0.2) is 21.3 Å². The summed E-state index contributed by atoms with van der Waals surface area (Å²) in [6, 6.07) is 5.39. The normalized spacial score (nSPS) is 13.6. The Hall–Kier alpha value is -1.81. The monoisotopic (exact) mass is 262 g/mol. The van der Waals surface area contributed by atoms with Gasteiger partial charge in [0.25, 0.3) is 0 Å². The Morgan fingerprint density at radius 3 is 2.89 bits per heavy atom. The summed E-state index contributed by atoms with van der Waals surface area (Å²) in [5.41, 5.74) is 4.17. The van der Waals surface area contributed by atoms with Gasteiger partial charge < -0.3 is 5.11 Å². The molecule has 0 saturated heterocycles. The maximum Gasteiger partial charge on any atom is 0.353 e. The van der Waals surface area contributed by atoms with Crippen molar-refractivity contribution in [1.29, 1.82) is 0 Å². The lowest BCUT2D eigenvalue weighted by Crippen LogP contribution is -1.95. The molecule has 1 heterocycles. The molecule has 3 rings (SSSR count). The SMILES string of the molecule is O=C(O)c1cc(-c2cc(Cl)cc3c2CCC3)n[nH]1. The summed E-state index contributed by atoms with van der Waals surface area (Å²) in [6.07, 6.45) is 3.13. The lowest BCUT2D eigenvalue weighted by atomic mass is 10.0. The van der Waals surface area contributed by atoms with Crippen molar-refractivity contribution in [1.82, 2.24) is 10.2 Å². The molecule has 4 nitrogen and oxygen atoms in total. The number of fused-ring (bicyclic) bond motifs is 1. The number of aryl methyl sites for hydroxylation is 1. The van der Waals surface area contributed by atoms with Crippen molar-refractivity contribution < 1.29 is 9.90 Å². The van der Waals surface area contributed by atoms with Crippen LogP contribution in [0.4, 0.5) is 0 Å². The van der Waals surface area contributed by atoms with Crippen LogP contribution in [0.3, 0.4) is 0 Å². The van der Waals surface area contributed by atoms with E-state index in [1.165, 1.54) is 11.1 Å². The van der Waals surface area contributed by atoms with E-state index in [9.17, 15) is 4.79 Å². The predicted octanol–water partition coefficient (Wildman–Crippen LogP) is 2.92. The lowest BCUT2D eigenvalue weighted by molar-refractivity contribution is 0.0690. The molecule has 18 heavy (non-hydrogen) atoms. The van der Waals surface area contributed by atoms with Crippen LogP contribution in [0.2, 0.25) is 5.02 Å². The molecule has 0 unspecified atom stereocenters. The molecule has 1 aliphatic rings. The molecule has 0 atom stereocenters. The van der Waals surface area contributed by atoms with E-state index in [1.807, 2.05) is 12.1 Å². The van der Waals surface area contributed by atoms with Crippen LogP contribution in [-0.2, 0) is 12.8 Å². The van der Waals surface area contributed by atoms with Gasteiger partial charge in [-0.05, 0) is 48.6 Å². The fraction of sp³-hybridized carbons (Fsp3) is 0.231. The number of carbonyl (C=O) groups is 1. The van der Waals surface area contributed by atoms with Crippen LogP contribution in [0.1, 0.15) is 28.0 Å². The maximum absolute atomic E-state index is 10.8. The number of rotatable bonds is 2. The Labute approximate surface area is 109 Å². The van der Waals surface area contributed by atoms with E-state index >= 15 is 0 Å². The largest absolute Gasteiger partial charge is 0.477 e. The second kappa shape index (κ2) is 4.14. The summed E-state index contributed by atoms with van der Waals surface area (Å²) >= 11 is 6.09. The average Bonchev–Trinajstić information content (AvgIpc) is 2.95. The van der Waals surface area contributed by atoms with Crippen LogP contribution >= 0.6 is 11.6 Å². The van der Waals surface area contributed by atoms with Crippen molar-refractivity contribution in [3.63, 3.8) is 0 Å². The number of nitrogens with zero attached hydrogens (tertiary/aromatic N) is 1. The van der Waals surface area contributed by atoms with E-state index in [-0.39, 0.29) is 5.69 Å². The molecule has 0 amide bonds. The lowest BCUT2D eigenvalue weighted by Gasteiger charge is -2.06. The number of aromatic carboxylic acids is 1. The fourth-order valence-corrected chi connectivity index (χ4v) is 2.71. The van der Waals surface area contributed by atoms with E-state index in [0.29, 0.717) is 10.7 Å². The van der Waals surface area contributed by atoms with Crippen molar-refractivity contribution >= 4 is 17.6 Å². The van der Waals surface area contributed by atoms with E-state index in [4.69, 9.17) is 16.7 Å². The second-order valence-electron chi connectivity index (χ2n) is 4.42. The Morgan fingerprint density at radius 1 is 1.33 bits per heavy atom. The molecule has 5 heteroatoms. The first-order valence-electron chi connectivity index (χ1n) is 5.75. The number of hydrogen-bond donors (Lipinski definition) is 2. The van der Waals surface area contributed by atoms with Crippen molar-refractivity contribution in [2.45, 2.75) is 19.3 Å². The summed E-state index contributed by atoms with van der Waals surface area (Å²) in [7, 11) is 0. The van der Waals surface area contributed by atoms with Gasteiger partial charge in [0.1, 0.15) is 5.69 Å². The first-order chi connectivity index (χ1) is 8.65. The van der Waals surface area contributed by atoms with Gasteiger partial charge in [0.05, 0.1) is 5.69 Å². The number of aromatic amines is 1. The van der Waals surface area contributed by atoms with Gasteiger partial charge in [0.15, 0.2) is 0 Å². The molecule has 2 N–H and O–H groups in total. The zero-order chi connectivity index (χ0) is 12.7. The Balaban J connectivity index is 2.13. The van der Waals surface area contributed by atoms with Gasteiger partial charge in [-0.3, -0.25) is 5.10 Å². The number of aromatic nitrogens is 2. The quantitative estimate of drug-likeness (QED) is 0.874. The fourth-order valence-electron chi connectivity index (χ4n) is 2.46. The summed E-state index contributed by atoms with van der Waals surface area (Å²) in [6.45, 7) is 0. The molecule has 2 aromatic rings. The summed E-state index contributed by atoms with van der Waals surface area (Å²) in [5, 5.41) is 16.2. The molecular formula is C13H11ClN2O2. The molecule has 0 saturated carbocycles. The van der Waals surface area contributed by atoms with Crippen LogP contribution in [0.25, 0.3) is 11.3 Å². The molecule has 1 aliphatic carbocycles. The van der Waals surface area contributed by atoms with Gasteiger partial charge in [-0.15, -0.1) is 0 Å². The van der Waals surface area contributed by atoms with E-state index in [0.717, 1.165) is 24.8 Å². The van der Waals surface area contributed by atoms with Crippen LogP contribution in [0, 0.1) is 0 Å². The molecule has 0 spiro atoms. The molecule has 0 fully saturated rings. The summed E-state index contributed by atoms with van der Waals surface area (Å²) in [4.78, 5) is 10.8. The number of carboxylic acid groups (broad SMARTS) is 1. The molecule has 92 valence electrons. The minimum absolute atomic E-state index is 0.0942. The van der Waals surface area contributed by atoms with Gasteiger partial charge in [0, 0.05) is 10.6 Å². The van der Waals surface area contributed by atoms with Gasteiger partial charge in [0.2, 0.25) is 0 Å². The minimum Gasteiger partial charge on any atom is -0.477 e. The third-order valence-electron chi connectivity index (χ3n) is 3.26. The number of carboxylic acids is 1. The Kier molecular flexibility index (Phi) is 2.59. The van der Waals surface area contributed by atoms with Crippen LogP contribution in [0.5, 0.6) is 0 Å². The van der Waals surface area contributed by atoms with Gasteiger partial charge in [-0.1, -0.05) is 11.6 Å². The van der Waals surface area contributed by atoms with E-state index < -0.39 is 5.97 Å². The standard InChI is InChI=1S/C13H11ClN2O2/c14-8-4-7-2-1-3-9(7)10(5-8)11-6-12(13(17)18)16-15-11/h4-6H,1-3H2,(H,15,16)(H,17,18). The second-order valence-corrected chi connectivity index (χ2v) is 4.85. The molecule has 1 aromatic carbocycles. The third kappa shape index (κ3) is 1.78. The number of nitrogens with one attached hydrogen (secondary N) is 1. The topological polar surface area (TPSA) is 66.0 Å². The van der Waals surface area contributed by atoms with Crippen molar-refractivity contribution in [2.24, 2.45) is 0 Å². The molecule has 0 aliphatic heterocycles. The predicted molar refractivity (Wildman–Crippen MR) is 68.0 cm³/mol. The van der Waals surface area contributed by atoms with E-state index in [1.54, 1.807) is 6.07 Å². The highest BCUT2D eigenvalue weighted by molar-refractivity contribution is 6.31. The van der Waals surface area contributed by atoms with Crippen molar-refractivity contribution in [2.75, 3.05) is 0 Å². The molecule has 1 aromatic heterocycles. The number of halogens is 1. The Morgan fingerprint density at radius 2 is 2.17 bits per heavy atom. The summed E-state index contributed by atoms with van der Waals surface area (Å²) in [5.74, 6) is -1.01. The highest BCUT2D eigenvalue weighted by Gasteiger charge is 2.19. The van der Waals surface area contributed by atoms with Crippen molar-refractivity contribution in [3.05, 3.63) is 40.0 Å². The average molecular weight is 263 g/mol. The zero-order valence-corrected chi connectivity index (χ0v) is 10.3. The maximum atomic E-state index is 10.8. The number of benzene rings is 1. The van der Waals surface area contributed by atoms with Gasteiger partial charge in [-0.25, -0.2) is 4.79 Å². The number of H-pyrrole nitrogens is 1. The third-order valence-corrected chi connectivity index (χ3v) is 3.48. The highest BCUT2D eigenvalue weighted by atomic mass is 35.5. The first kappa shape index (κ1) is 11.3. The first-order valence-corrected chi connectivity index (χ1v) is 6.13. The highest BCUT2D eigenvalue weighted by Crippen LogP contribution is 2.34. The van der Waals surface area contributed by atoms with Crippen LogP contribution < -0.4 is 0 Å². The number of hydrogen-bond acceptors (Lipinski definition) is 2. The molecule has 0 radical (unpaired) electrons. The zero-order valence-electron chi connectivity index (χ0n) is 9.53. The minimum atomic E-state index is -1.01.